The van der Waals surface area contributed by atoms with Crippen LogP contribution in [-0.2, 0) is 0 Å². The van der Waals surface area contributed by atoms with E-state index in [0.29, 0.717) is 28.6 Å². The van der Waals surface area contributed by atoms with Gasteiger partial charge in [-0.25, -0.2) is 15.0 Å². The topological polar surface area (TPSA) is 80.3 Å². The van der Waals surface area contributed by atoms with E-state index < -0.39 is 0 Å². The minimum Gasteiger partial charge on any atom is -0.309 e. The summed E-state index contributed by atoms with van der Waals surface area (Å²) in [5, 5.41) is 11.9. The smallest absolute Gasteiger partial charge is 0.166 e. The molecule has 0 saturated heterocycles. The molecule has 160 valence electrons. The summed E-state index contributed by atoms with van der Waals surface area (Å²) in [6, 6.07) is 28.8. The fourth-order valence-electron chi connectivity index (χ4n) is 4.43. The highest BCUT2D eigenvalue weighted by molar-refractivity contribution is 6.09. The maximum Gasteiger partial charge on any atom is 0.166 e. The molecule has 6 aromatic rings. The molecule has 6 nitrogen and oxygen atoms in total. The lowest BCUT2D eigenvalue weighted by atomic mass is 10.1. The van der Waals surface area contributed by atoms with Crippen LogP contribution in [0.5, 0.6) is 0 Å². The molecule has 0 bridgehead atoms. The molecule has 6 rings (SSSR count). The third-order valence-electron chi connectivity index (χ3n) is 5.90. The molecule has 0 spiro atoms. The first-order valence-corrected chi connectivity index (χ1v) is 10.9. The minimum atomic E-state index is 0.434. The number of pyridine rings is 1. The first-order chi connectivity index (χ1) is 16.7. The Hall–Kier alpha value is -4.89. The third-order valence-corrected chi connectivity index (χ3v) is 5.90. The first-order valence-electron chi connectivity index (χ1n) is 10.9. The Morgan fingerprint density at radius 1 is 0.706 bits per heavy atom. The number of aromatic nitrogens is 5. The van der Waals surface area contributed by atoms with E-state index in [4.69, 9.17) is 4.98 Å². The predicted octanol–water partition coefficient (Wildman–Crippen LogP) is 5.88. The summed E-state index contributed by atoms with van der Waals surface area (Å²) in [5.74, 6) is 1.56. The molecule has 0 aliphatic rings. The van der Waals surface area contributed by atoms with E-state index in [0.717, 1.165) is 22.3 Å². The molecule has 0 unspecified atom stereocenters. The van der Waals surface area contributed by atoms with Gasteiger partial charge >= 0.3 is 0 Å². The SMILES string of the molecule is Cc1nc(-c2cnccc2C#N)nc(-c2ccccc2-n2c3ccccc3c3ccccc32)n1. The van der Waals surface area contributed by atoms with Gasteiger partial charge in [-0.2, -0.15) is 5.26 Å². The molecule has 0 atom stereocenters. The molecule has 0 aliphatic heterocycles. The number of rotatable bonds is 3. The van der Waals surface area contributed by atoms with E-state index in [1.807, 2.05) is 25.1 Å². The first kappa shape index (κ1) is 19.8. The summed E-state index contributed by atoms with van der Waals surface area (Å²) < 4.78 is 2.25. The summed E-state index contributed by atoms with van der Waals surface area (Å²) >= 11 is 0. The van der Waals surface area contributed by atoms with Crippen LogP contribution in [0.3, 0.4) is 0 Å². The molecule has 0 aliphatic carbocycles. The number of fused-ring (bicyclic) bond motifs is 3. The van der Waals surface area contributed by atoms with E-state index in [1.165, 1.54) is 10.8 Å². The highest BCUT2D eigenvalue weighted by atomic mass is 15.0. The second-order valence-corrected chi connectivity index (χ2v) is 7.95. The molecule has 0 saturated carbocycles. The maximum absolute atomic E-state index is 9.55. The van der Waals surface area contributed by atoms with Crippen molar-refractivity contribution in [2.45, 2.75) is 6.92 Å². The van der Waals surface area contributed by atoms with Crippen LogP contribution in [0.2, 0.25) is 0 Å². The molecule has 34 heavy (non-hydrogen) atoms. The Bertz CT molecular complexity index is 1690. The molecule has 3 heterocycles. The van der Waals surface area contributed by atoms with Crippen LogP contribution >= 0.6 is 0 Å². The van der Waals surface area contributed by atoms with Gasteiger partial charge in [-0.15, -0.1) is 0 Å². The second kappa shape index (κ2) is 7.91. The molecule has 0 radical (unpaired) electrons. The Morgan fingerprint density at radius 3 is 2.03 bits per heavy atom. The van der Waals surface area contributed by atoms with Gasteiger partial charge in [0.1, 0.15) is 11.9 Å². The van der Waals surface area contributed by atoms with Crippen molar-refractivity contribution in [2.24, 2.45) is 0 Å². The minimum absolute atomic E-state index is 0.434. The van der Waals surface area contributed by atoms with Crippen molar-refractivity contribution >= 4 is 21.8 Å². The number of hydrogen-bond donors (Lipinski definition) is 0. The Balaban J connectivity index is 1.63. The van der Waals surface area contributed by atoms with Gasteiger partial charge in [0.15, 0.2) is 11.6 Å². The number of benzene rings is 3. The van der Waals surface area contributed by atoms with Gasteiger partial charge in [-0.1, -0.05) is 48.5 Å². The van der Waals surface area contributed by atoms with Crippen molar-refractivity contribution < 1.29 is 0 Å². The van der Waals surface area contributed by atoms with Crippen LogP contribution in [0, 0.1) is 18.3 Å². The molecule has 0 fully saturated rings. The number of hydrogen-bond acceptors (Lipinski definition) is 5. The predicted molar refractivity (Wildman–Crippen MR) is 132 cm³/mol. The van der Waals surface area contributed by atoms with Crippen LogP contribution in [0.25, 0.3) is 50.3 Å². The standard InChI is InChI=1S/C28H18N6/c1-18-31-27(33-28(32-18)23-17-30-15-14-19(23)16-29)22-10-4-7-13-26(22)34-24-11-5-2-8-20(24)21-9-3-6-12-25(21)34/h2-15,17H,1H3. The van der Waals surface area contributed by atoms with Crippen LogP contribution in [-0.4, -0.2) is 24.5 Å². The van der Waals surface area contributed by atoms with Crippen molar-refractivity contribution in [3.63, 3.8) is 0 Å². The van der Waals surface area contributed by atoms with E-state index in [1.54, 1.807) is 18.5 Å². The van der Waals surface area contributed by atoms with Gasteiger partial charge < -0.3 is 4.57 Å². The van der Waals surface area contributed by atoms with Gasteiger partial charge in [0.2, 0.25) is 0 Å². The summed E-state index contributed by atoms with van der Waals surface area (Å²) in [5.41, 5.74) is 5.14. The lowest BCUT2D eigenvalue weighted by Crippen LogP contribution is -2.04. The maximum atomic E-state index is 9.55. The van der Waals surface area contributed by atoms with Gasteiger partial charge in [0.05, 0.1) is 27.8 Å². The van der Waals surface area contributed by atoms with Crippen LogP contribution in [0.1, 0.15) is 11.4 Å². The molecule has 3 aromatic carbocycles. The normalized spacial score (nSPS) is 11.1. The monoisotopic (exact) mass is 438 g/mol. The Kier molecular flexibility index (Phi) is 4.60. The quantitative estimate of drug-likeness (QED) is 0.345. The largest absolute Gasteiger partial charge is 0.309 e. The molecule has 6 heteroatoms. The Morgan fingerprint density at radius 2 is 1.32 bits per heavy atom. The summed E-state index contributed by atoms with van der Waals surface area (Å²) in [4.78, 5) is 18.1. The summed E-state index contributed by atoms with van der Waals surface area (Å²) in [6.07, 6.45) is 3.21. The molecule has 3 aromatic heterocycles. The summed E-state index contributed by atoms with van der Waals surface area (Å²) in [7, 11) is 0. The number of para-hydroxylation sites is 3. The lowest BCUT2D eigenvalue weighted by molar-refractivity contribution is 0.986. The molecular weight excluding hydrogens is 420 g/mol. The third kappa shape index (κ3) is 3.11. The zero-order valence-electron chi connectivity index (χ0n) is 18.3. The second-order valence-electron chi connectivity index (χ2n) is 7.95. The fraction of sp³-hybridized carbons (Fsp3) is 0.0357. The molecular formula is C28H18N6. The summed E-state index contributed by atoms with van der Waals surface area (Å²) in [6.45, 7) is 1.83. The molecule has 0 amide bonds. The van der Waals surface area contributed by atoms with Crippen LogP contribution < -0.4 is 0 Å². The number of nitrogens with zero attached hydrogens (tertiary/aromatic N) is 6. The van der Waals surface area contributed by atoms with E-state index in [9.17, 15) is 5.26 Å². The highest BCUT2D eigenvalue weighted by Gasteiger charge is 2.18. The van der Waals surface area contributed by atoms with Crippen molar-refractivity contribution in [2.75, 3.05) is 0 Å². The van der Waals surface area contributed by atoms with E-state index in [-0.39, 0.29) is 0 Å². The van der Waals surface area contributed by atoms with Crippen LogP contribution in [0.4, 0.5) is 0 Å². The van der Waals surface area contributed by atoms with Crippen LogP contribution in [0.15, 0.2) is 91.3 Å². The Labute approximate surface area is 195 Å². The number of nitriles is 1. The van der Waals surface area contributed by atoms with Gasteiger partial charge in [0.25, 0.3) is 0 Å². The zero-order chi connectivity index (χ0) is 23.1. The lowest BCUT2D eigenvalue weighted by Gasteiger charge is -2.14. The highest BCUT2D eigenvalue weighted by Crippen LogP contribution is 2.35. The fourth-order valence-corrected chi connectivity index (χ4v) is 4.43. The van der Waals surface area contributed by atoms with Gasteiger partial charge in [0, 0.05) is 28.7 Å². The van der Waals surface area contributed by atoms with E-state index >= 15 is 0 Å². The molecule has 0 N–H and O–H groups in total. The van der Waals surface area contributed by atoms with Crippen molar-refractivity contribution in [1.82, 2.24) is 24.5 Å². The van der Waals surface area contributed by atoms with Gasteiger partial charge in [-0.3, -0.25) is 4.98 Å². The van der Waals surface area contributed by atoms with E-state index in [2.05, 4.69) is 80.2 Å². The van der Waals surface area contributed by atoms with Crippen molar-refractivity contribution in [1.29, 1.82) is 5.26 Å². The average molecular weight is 438 g/mol. The van der Waals surface area contributed by atoms with Gasteiger partial charge in [-0.05, 0) is 37.3 Å². The van der Waals surface area contributed by atoms with Crippen molar-refractivity contribution in [3.05, 3.63) is 103 Å². The zero-order valence-corrected chi connectivity index (χ0v) is 18.3. The number of aryl methyl sites for hydroxylation is 1. The van der Waals surface area contributed by atoms with Crippen molar-refractivity contribution in [3.8, 4) is 34.5 Å². The average Bonchev–Trinajstić information content (AvgIpc) is 3.22.